The Morgan fingerprint density at radius 2 is 2.64 bits per heavy atom. The highest BCUT2D eigenvalue weighted by atomic mass is 32.2. The van der Waals surface area contributed by atoms with Gasteiger partial charge in [0.1, 0.15) is 0 Å². The molecule has 6 heteroatoms. The van der Waals surface area contributed by atoms with Crippen molar-refractivity contribution in [2.75, 3.05) is 17.3 Å². The quantitative estimate of drug-likeness (QED) is 0.798. The Morgan fingerprint density at radius 3 is 3.21 bits per heavy atom. The molecule has 0 radical (unpaired) electrons. The molecule has 0 aliphatic carbocycles. The zero-order valence-corrected chi connectivity index (χ0v) is 9.53. The minimum atomic E-state index is -0.439. The van der Waals surface area contributed by atoms with Crippen LogP contribution in [0.15, 0.2) is 11.6 Å². The number of anilines is 1. The summed E-state index contributed by atoms with van der Waals surface area (Å²) in [5.41, 5.74) is 5.67. The number of rotatable bonds is 5. The fourth-order valence-corrected chi connectivity index (χ4v) is 1.88. The Morgan fingerprint density at radius 1 is 1.86 bits per heavy atom. The normalized spacial score (nSPS) is 12.4. The predicted octanol–water partition coefficient (Wildman–Crippen LogP) is 1.16. The first-order valence-electron chi connectivity index (χ1n) is 4.19. The van der Waals surface area contributed by atoms with Crippen LogP contribution in [0.5, 0.6) is 0 Å². The molecule has 0 spiro atoms. The first kappa shape index (κ1) is 11.5. The van der Waals surface area contributed by atoms with Gasteiger partial charge in [-0.2, -0.15) is 11.8 Å². The van der Waals surface area contributed by atoms with Gasteiger partial charge in [0.15, 0.2) is 5.13 Å². The Bertz CT molecular complexity index is 276. The number of hydrogen-bond acceptors (Lipinski definition) is 5. The number of carbonyl (C=O) groups excluding carboxylic acids is 1. The summed E-state index contributed by atoms with van der Waals surface area (Å²) in [7, 11) is 0. The van der Waals surface area contributed by atoms with E-state index in [0.29, 0.717) is 11.6 Å². The molecule has 1 amide bonds. The van der Waals surface area contributed by atoms with Crippen molar-refractivity contribution >= 4 is 34.1 Å². The summed E-state index contributed by atoms with van der Waals surface area (Å²) in [4.78, 5) is 15.4. The highest BCUT2D eigenvalue weighted by Crippen LogP contribution is 2.10. The highest BCUT2D eigenvalue weighted by molar-refractivity contribution is 7.98. The molecule has 78 valence electrons. The van der Waals surface area contributed by atoms with Gasteiger partial charge in [-0.1, -0.05) is 0 Å². The lowest BCUT2D eigenvalue weighted by atomic mass is 10.2. The van der Waals surface area contributed by atoms with Crippen molar-refractivity contribution in [2.24, 2.45) is 5.73 Å². The van der Waals surface area contributed by atoms with E-state index in [2.05, 4.69) is 10.3 Å². The molecule has 0 saturated carbocycles. The summed E-state index contributed by atoms with van der Waals surface area (Å²) in [6.45, 7) is 0. The maximum atomic E-state index is 11.4. The van der Waals surface area contributed by atoms with Gasteiger partial charge in [0.2, 0.25) is 5.91 Å². The van der Waals surface area contributed by atoms with Crippen LogP contribution in [0.4, 0.5) is 5.13 Å². The molecule has 0 saturated heterocycles. The standard InChI is InChI=1S/C8H13N3OS2/c1-13-4-2-6(9)7(12)11-8-10-3-5-14-8/h3,5-6H,2,4,9H2,1H3,(H,10,11,12)/t6-/m1/s1. The smallest absolute Gasteiger partial charge is 0.243 e. The molecule has 0 aliphatic heterocycles. The van der Waals surface area contributed by atoms with Gasteiger partial charge in [0, 0.05) is 11.6 Å². The van der Waals surface area contributed by atoms with Crippen molar-refractivity contribution in [3.8, 4) is 0 Å². The molecule has 0 aromatic carbocycles. The number of nitrogens with two attached hydrogens (primary N) is 1. The Balaban J connectivity index is 2.34. The average molecular weight is 231 g/mol. The third-order valence-electron chi connectivity index (χ3n) is 1.63. The predicted molar refractivity (Wildman–Crippen MR) is 61.7 cm³/mol. The third kappa shape index (κ3) is 3.65. The van der Waals surface area contributed by atoms with Crippen LogP contribution in [0.1, 0.15) is 6.42 Å². The zero-order valence-electron chi connectivity index (χ0n) is 7.90. The van der Waals surface area contributed by atoms with Gasteiger partial charge in [-0.3, -0.25) is 4.79 Å². The Kier molecular flexibility index (Phi) is 4.92. The van der Waals surface area contributed by atoms with Crippen LogP contribution in [0.25, 0.3) is 0 Å². The summed E-state index contributed by atoms with van der Waals surface area (Å²) >= 11 is 3.07. The van der Waals surface area contributed by atoms with Crippen LogP contribution in [0, 0.1) is 0 Å². The number of nitrogens with zero attached hydrogens (tertiary/aromatic N) is 1. The van der Waals surface area contributed by atoms with Gasteiger partial charge >= 0.3 is 0 Å². The molecule has 1 aromatic heterocycles. The molecule has 1 atom stereocenters. The van der Waals surface area contributed by atoms with E-state index in [4.69, 9.17) is 5.73 Å². The van der Waals surface area contributed by atoms with Crippen LogP contribution in [0.2, 0.25) is 0 Å². The van der Waals surface area contributed by atoms with Crippen molar-refractivity contribution in [2.45, 2.75) is 12.5 Å². The van der Waals surface area contributed by atoms with Crippen LogP contribution >= 0.6 is 23.1 Å². The van der Waals surface area contributed by atoms with Gasteiger partial charge in [-0.05, 0) is 18.4 Å². The van der Waals surface area contributed by atoms with E-state index in [-0.39, 0.29) is 5.91 Å². The number of aromatic nitrogens is 1. The first-order valence-corrected chi connectivity index (χ1v) is 6.46. The van der Waals surface area contributed by atoms with Crippen LogP contribution in [-0.4, -0.2) is 28.9 Å². The molecule has 3 N–H and O–H groups in total. The average Bonchev–Trinajstić information content (AvgIpc) is 2.66. The van der Waals surface area contributed by atoms with Crippen molar-refractivity contribution < 1.29 is 4.79 Å². The van der Waals surface area contributed by atoms with Crippen LogP contribution < -0.4 is 11.1 Å². The molecule has 0 bridgehead atoms. The number of amides is 1. The van der Waals surface area contributed by atoms with E-state index in [0.717, 1.165) is 5.75 Å². The lowest BCUT2D eigenvalue weighted by Gasteiger charge is -2.09. The van der Waals surface area contributed by atoms with E-state index >= 15 is 0 Å². The molecular formula is C8H13N3OS2. The minimum Gasteiger partial charge on any atom is -0.320 e. The van der Waals surface area contributed by atoms with Crippen molar-refractivity contribution in [1.82, 2.24) is 4.98 Å². The molecule has 4 nitrogen and oxygen atoms in total. The van der Waals surface area contributed by atoms with E-state index in [1.165, 1.54) is 11.3 Å². The summed E-state index contributed by atoms with van der Waals surface area (Å²) in [6.07, 6.45) is 4.33. The molecule has 1 rings (SSSR count). The van der Waals surface area contributed by atoms with Gasteiger partial charge in [-0.15, -0.1) is 11.3 Å². The molecule has 1 aromatic rings. The zero-order chi connectivity index (χ0) is 10.4. The molecular weight excluding hydrogens is 218 g/mol. The van der Waals surface area contributed by atoms with Gasteiger partial charge in [0.05, 0.1) is 6.04 Å². The van der Waals surface area contributed by atoms with Crippen molar-refractivity contribution in [1.29, 1.82) is 0 Å². The molecule has 0 aliphatic rings. The summed E-state index contributed by atoms with van der Waals surface area (Å²) in [6, 6.07) is -0.439. The summed E-state index contributed by atoms with van der Waals surface area (Å²) in [5.74, 6) is 0.737. The highest BCUT2D eigenvalue weighted by Gasteiger charge is 2.13. The van der Waals surface area contributed by atoms with Crippen LogP contribution in [-0.2, 0) is 4.79 Å². The molecule has 0 unspecified atom stereocenters. The van der Waals surface area contributed by atoms with Gasteiger partial charge < -0.3 is 11.1 Å². The Labute approximate surface area is 91.3 Å². The van der Waals surface area contributed by atoms with E-state index < -0.39 is 6.04 Å². The second kappa shape index (κ2) is 6.00. The minimum absolute atomic E-state index is 0.158. The van der Waals surface area contributed by atoms with Crippen molar-refractivity contribution in [3.05, 3.63) is 11.6 Å². The SMILES string of the molecule is CSCC[C@@H](N)C(=O)Nc1nccs1. The lowest BCUT2D eigenvalue weighted by Crippen LogP contribution is -2.36. The number of hydrogen-bond donors (Lipinski definition) is 2. The number of nitrogens with one attached hydrogen (secondary N) is 1. The molecule has 1 heterocycles. The third-order valence-corrected chi connectivity index (χ3v) is 2.96. The van der Waals surface area contributed by atoms with Crippen molar-refractivity contribution in [3.63, 3.8) is 0 Å². The van der Waals surface area contributed by atoms with Gasteiger partial charge in [0.25, 0.3) is 0 Å². The maximum absolute atomic E-state index is 11.4. The molecule has 14 heavy (non-hydrogen) atoms. The summed E-state index contributed by atoms with van der Waals surface area (Å²) < 4.78 is 0. The lowest BCUT2D eigenvalue weighted by molar-refractivity contribution is -0.117. The van der Waals surface area contributed by atoms with E-state index in [9.17, 15) is 4.79 Å². The fourth-order valence-electron chi connectivity index (χ4n) is 0.859. The first-order chi connectivity index (χ1) is 6.74. The fraction of sp³-hybridized carbons (Fsp3) is 0.500. The summed E-state index contributed by atoms with van der Waals surface area (Å²) in [5, 5.41) is 5.08. The second-order valence-electron chi connectivity index (χ2n) is 2.71. The van der Waals surface area contributed by atoms with Gasteiger partial charge in [-0.25, -0.2) is 4.98 Å². The largest absolute Gasteiger partial charge is 0.320 e. The molecule has 0 fully saturated rings. The number of thioether (sulfide) groups is 1. The Hall–Kier alpha value is -0.590. The van der Waals surface area contributed by atoms with Crippen LogP contribution in [0.3, 0.4) is 0 Å². The monoisotopic (exact) mass is 231 g/mol. The second-order valence-corrected chi connectivity index (χ2v) is 4.59. The van der Waals surface area contributed by atoms with E-state index in [1.54, 1.807) is 18.0 Å². The number of carbonyl (C=O) groups is 1. The number of thiazole rings is 1. The maximum Gasteiger partial charge on any atom is 0.243 e. The topological polar surface area (TPSA) is 68.0 Å². The van der Waals surface area contributed by atoms with E-state index in [1.807, 2.05) is 11.6 Å².